The number of ether oxygens (including phenoxy) is 1. The molecule has 42 heavy (non-hydrogen) atoms. The summed E-state index contributed by atoms with van der Waals surface area (Å²) in [6, 6.07) is 9.71. The topological polar surface area (TPSA) is 103 Å². The molecular weight excluding hydrogens is 580 g/mol. The molecule has 0 aliphatic carbocycles. The number of hydrogen-bond donors (Lipinski definition) is 1. The number of morpholine rings is 1. The number of carbonyl (C=O) groups is 1. The first-order valence-corrected chi connectivity index (χ1v) is 13.0. The lowest BCUT2D eigenvalue weighted by Gasteiger charge is -2.35. The first-order valence-electron chi connectivity index (χ1n) is 13.0. The third-order valence-corrected chi connectivity index (χ3v) is 7.18. The molecule has 5 rings (SSSR count). The van der Waals surface area contributed by atoms with E-state index in [1.165, 1.54) is 33.8 Å². The van der Waals surface area contributed by atoms with Crippen LogP contribution in [0.15, 0.2) is 47.3 Å². The van der Waals surface area contributed by atoms with Gasteiger partial charge >= 0.3 is 6.18 Å². The molecule has 1 saturated heterocycles. The third-order valence-electron chi connectivity index (χ3n) is 7.18. The van der Waals surface area contributed by atoms with E-state index in [0.717, 1.165) is 18.2 Å². The highest BCUT2D eigenvalue weighted by atomic mass is 35.5. The molecular formula is C28H27ClF4N6O3. The van der Waals surface area contributed by atoms with Crippen molar-refractivity contribution in [3.8, 4) is 6.07 Å². The van der Waals surface area contributed by atoms with Crippen molar-refractivity contribution in [2.24, 2.45) is 0 Å². The van der Waals surface area contributed by atoms with Crippen LogP contribution in [0.3, 0.4) is 0 Å². The SMILES string of the molecule is C[C@H](Nc1nc2c(c(=O)n1N1CCOCC1)CN(C(=O)c1ccc(C#N)cc1F)CC2)c1ccc(C(F)(F)F)cc1.Cl. The van der Waals surface area contributed by atoms with E-state index < -0.39 is 35.1 Å². The number of rotatable bonds is 5. The number of carbonyl (C=O) groups excluding carboxylic acids is 1. The summed E-state index contributed by atoms with van der Waals surface area (Å²) in [5.74, 6) is -1.20. The fourth-order valence-electron chi connectivity index (χ4n) is 4.92. The van der Waals surface area contributed by atoms with Crippen molar-refractivity contribution in [3.05, 3.63) is 92.1 Å². The molecule has 2 aliphatic heterocycles. The van der Waals surface area contributed by atoms with Gasteiger partial charge in [-0.3, -0.25) is 9.59 Å². The molecule has 1 fully saturated rings. The average Bonchev–Trinajstić information content (AvgIpc) is 2.97. The monoisotopic (exact) mass is 606 g/mol. The maximum atomic E-state index is 14.6. The number of fused-ring (bicyclic) bond motifs is 1. The average molecular weight is 607 g/mol. The Balaban J connectivity index is 0.00000405. The summed E-state index contributed by atoms with van der Waals surface area (Å²) < 4.78 is 60.4. The lowest BCUT2D eigenvalue weighted by molar-refractivity contribution is -0.137. The molecule has 0 bridgehead atoms. The molecule has 0 radical (unpaired) electrons. The Morgan fingerprint density at radius 2 is 1.81 bits per heavy atom. The molecule has 9 nitrogen and oxygen atoms in total. The van der Waals surface area contributed by atoms with Gasteiger partial charge in [-0.15, -0.1) is 12.4 Å². The summed E-state index contributed by atoms with van der Waals surface area (Å²) >= 11 is 0. The smallest absolute Gasteiger partial charge is 0.378 e. The van der Waals surface area contributed by atoms with Gasteiger partial charge in [0.1, 0.15) is 5.82 Å². The first kappa shape index (κ1) is 30.8. The molecule has 222 valence electrons. The van der Waals surface area contributed by atoms with E-state index in [4.69, 9.17) is 15.0 Å². The number of hydrogen-bond acceptors (Lipinski definition) is 7. The van der Waals surface area contributed by atoms with Crippen molar-refractivity contribution >= 4 is 24.3 Å². The molecule has 0 saturated carbocycles. The number of amides is 1. The second-order valence-electron chi connectivity index (χ2n) is 9.81. The fourth-order valence-corrected chi connectivity index (χ4v) is 4.92. The number of benzene rings is 2. The van der Waals surface area contributed by atoms with E-state index in [9.17, 15) is 27.2 Å². The Hall–Kier alpha value is -4.15. The highest BCUT2D eigenvalue weighted by Gasteiger charge is 2.32. The van der Waals surface area contributed by atoms with Crippen molar-refractivity contribution in [1.29, 1.82) is 5.26 Å². The summed E-state index contributed by atoms with van der Waals surface area (Å²) in [4.78, 5) is 33.1. The summed E-state index contributed by atoms with van der Waals surface area (Å²) in [6.45, 7) is 3.39. The highest BCUT2D eigenvalue weighted by molar-refractivity contribution is 5.94. The maximum absolute atomic E-state index is 14.6. The summed E-state index contributed by atoms with van der Waals surface area (Å²) in [7, 11) is 0. The molecule has 1 N–H and O–H groups in total. The van der Waals surface area contributed by atoms with E-state index in [1.807, 2.05) is 6.07 Å². The van der Waals surface area contributed by atoms with Crippen LogP contribution in [0.5, 0.6) is 0 Å². The normalized spacial score (nSPS) is 15.7. The number of anilines is 1. The van der Waals surface area contributed by atoms with Gasteiger partial charge in [0.25, 0.3) is 11.5 Å². The number of halogens is 5. The summed E-state index contributed by atoms with van der Waals surface area (Å²) in [5, 5.41) is 13.9. The molecule has 0 spiro atoms. The van der Waals surface area contributed by atoms with Crippen LogP contribution in [-0.2, 0) is 23.9 Å². The predicted molar refractivity (Wildman–Crippen MR) is 148 cm³/mol. The molecule has 3 heterocycles. The zero-order valence-electron chi connectivity index (χ0n) is 22.4. The fraction of sp³-hybridized carbons (Fsp3) is 0.357. The zero-order valence-corrected chi connectivity index (χ0v) is 23.3. The van der Waals surface area contributed by atoms with Crippen molar-refractivity contribution < 1.29 is 27.1 Å². The van der Waals surface area contributed by atoms with Crippen LogP contribution in [-0.4, -0.2) is 53.3 Å². The predicted octanol–water partition coefficient (Wildman–Crippen LogP) is 4.03. The van der Waals surface area contributed by atoms with Crippen molar-refractivity contribution in [2.45, 2.75) is 32.1 Å². The Morgan fingerprint density at radius 1 is 1.12 bits per heavy atom. The third kappa shape index (κ3) is 6.19. The van der Waals surface area contributed by atoms with Gasteiger partial charge in [-0.05, 0) is 42.8 Å². The maximum Gasteiger partial charge on any atom is 0.416 e. The zero-order chi connectivity index (χ0) is 29.3. The Labute approximate surface area is 244 Å². The molecule has 1 aromatic heterocycles. The molecule has 1 atom stereocenters. The second-order valence-corrected chi connectivity index (χ2v) is 9.81. The minimum Gasteiger partial charge on any atom is -0.378 e. The molecule has 2 aromatic carbocycles. The molecule has 3 aromatic rings. The van der Waals surface area contributed by atoms with Crippen LogP contribution in [0.2, 0.25) is 0 Å². The number of nitrogens with one attached hydrogen (secondary N) is 1. The van der Waals surface area contributed by atoms with Crippen LogP contribution in [0, 0.1) is 17.1 Å². The van der Waals surface area contributed by atoms with Crippen LogP contribution < -0.4 is 15.9 Å². The molecule has 14 heteroatoms. The van der Waals surface area contributed by atoms with Crippen LogP contribution >= 0.6 is 12.4 Å². The van der Waals surface area contributed by atoms with E-state index >= 15 is 0 Å². The first-order chi connectivity index (χ1) is 19.6. The van der Waals surface area contributed by atoms with E-state index in [1.54, 1.807) is 11.9 Å². The number of nitrogens with zero attached hydrogens (tertiary/aromatic N) is 5. The molecule has 0 unspecified atom stereocenters. The van der Waals surface area contributed by atoms with E-state index in [-0.39, 0.29) is 54.6 Å². The van der Waals surface area contributed by atoms with Gasteiger partial charge in [-0.2, -0.15) is 23.1 Å². The van der Waals surface area contributed by atoms with Gasteiger partial charge in [0, 0.05) is 13.0 Å². The largest absolute Gasteiger partial charge is 0.416 e. The number of nitriles is 1. The highest BCUT2D eigenvalue weighted by Crippen LogP contribution is 2.30. The number of aromatic nitrogens is 2. The lowest BCUT2D eigenvalue weighted by Crippen LogP contribution is -2.52. The summed E-state index contributed by atoms with van der Waals surface area (Å²) in [6.07, 6.45) is -4.21. The number of alkyl halides is 3. The van der Waals surface area contributed by atoms with Crippen molar-refractivity contribution in [1.82, 2.24) is 14.6 Å². The quantitative estimate of drug-likeness (QED) is 0.438. The van der Waals surface area contributed by atoms with Crippen LogP contribution in [0.4, 0.5) is 23.5 Å². The Bertz CT molecular complexity index is 1570. The van der Waals surface area contributed by atoms with Crippen molar-refractivity contribution in [3.63, 3.8) is 0 Å². The second kappa shape index (κ2) is 12.4. The van der Waals surface area contributed by atoms with Gasteiger partial charge in [0.05, 0.1) is 72.9 Å². The minimum absolute atomic E-state index is 0. The minimum atomic E-state index is -4.45. The molecule has 1 amide bonds. The lowest BCUT2D eigenvalue weighted by atomic mass is 10.0. The van der Waals surface area contributed by atoms with Gasteiger partial charge < -0.3 is 20.0 Å². The van der Waals surface area contributed by atoms with E-state index in [2.05, 4.69) is 5.32 Å². The van der Waals surface area contributed by atoms with Gasteiger partial charge in [-0.25, -0.2) is 9.37 Å². The van der Waals surface area contributed by atoms with Crippen LogP contribution in [0.25, 0.3) is 0 Å². The molecule has 2 aliphatic rings. The van der Waals surface area contributed by atoms with E-state index in [0.29, 0.717) is 37.6 Å². The van der Waals surface area contributed by atoms with Gasteiger partial charge in [0.15, 0.2) is 0 Å². The Morgan fingerprint density at radius 3 is 2.43 bits per heavy atom. The summed E-state index contributed by atoms with van der Waals surface area (Å²) in [5.41, 5.74) is 0.0646. The standard InChI is InChI=1S/C28H26F4N6O3.ClH/c1-17(19-3-5-20(6-4-19)28(30,31)32)34-27-35-24-8-9-36(25(39)21-7-2-18(15-33)14-23(21)29)16-22(24)26(40)38(27)37-10-12-41-13-11-37;/h2-7,14,17H,8-13,16H2,1H3,(H,34,35);1H/t17-;/m0./s1. The van der Waals surface area contributed by atoms with Gasteiger partial charge in [-0.1, -0.05) is 12.1 Å². The van der Waals surface area contributed by atoms with Gasteiger partial charge in [0.2, 0.25) is 5.95 Å². The van der Waals surface area contributed by atoms with Crippen LogP contribution in [0.1, 0.15) is 51.3 Å². The Kier molecular flexibility index (Phi) is 9.08. The van der Waals surface area contributed by atoms with Crippen molar-refractivity contribution in [2.75, 3.05) is 43.2 Å².